The number of piperazine rings is 1. The lowest BCUT2D eigenvalue weighted by molar-refractivity contribution is 0.102. The summed E-state index contributed by atoms with van der Waals surface area (Å²) >= 11 is 0. The molecule has 0 atom stereocenters. The van der Waals surface area contributed by atoms with E-state index in [0.29, 0.717) is 12.2 Å². The number of carbonyl (C=O) groups is 1. The van der Waals surface area contributed by atoms with Crippen LogP contribution >= 0.6 is 0 Å². The molecule has 1 saturated heterocycles. The fourth-order valence-electron chi connectivity index (χ4n) is 5.12. The predicted molar refractivity (Wildman–Crippen MR) is 128 cm³/mol. The molecule has 1 aliphatic carbocycles. The molecule has 6 heteroatoms. The summed E-state index contributed by atoms with van der Waals surface area (Å²) in [4.78, 5) is 18.2. The Balaban J connectivity index is 1.27. The van der Waals surface area contributed by atoms with E-state index in [9.17, 15) is 4.79 Å². The van der Waals surface area contributed by atoms with Crippen LogP contribution in [-0.4, -0.2) is 73.2 Å². The van der Waals surface area contributed by atoms with E-state index in [1.165, 1.54) is 0 Å². The average molecular weight is 449 g/mol. The Morgan fingerprint density at radius 1 is 1.03 bits per heavy atom. The number of aliphatic hydroxyl groups excluding tert-OH is 1. The first-order valence-electron chi connectivity index (χ1n) is 11.9. The normalized spacial score (nSPS) is 18.3. The third kappa shape index (κ3) is 4.07. The van der Waals surface area contributed by atoms with Crippen LogP contribution in [0.25, 0.3) is 11.0 Å². The maximum atomic E-state index is 13.4. The summed E-state index contributed by atoms with van der Waals surface area (Å²) in [5, 5.41) is 9.88. The minimum Gasteiger partial charge on any atom is -0.492 e. The largest absolute Gasteiger partial charge is 0.492 e. The molecule has 174 valence electrons. The van der Waals surface area contributed by atoms with E-state index in [4.69, 9.17) is 14.3 Å². The van der Waals surface area contributed by atoms with E-state index in [0.717, 1.165) is 79.3 Å². The summed E-state index contributed by atoms with van der Waals surface area (Å²) in [5.41, 5.74) is 2.70. The number of rotatable bonds is 7. The molecule has 0 radical (unpaired) electrons. The van der Waals surface area contributed by atoms with Gasteiger partial charge in [0.05, 0.1) is 5.56 Å². The zero-order chi connectivity index (χ0) is 23.0. The predicted octanol–water partition coefficient (Wildman–Crippen LogP) is 3.68. The fourth-order valence-corrected chi connectivity index (χ4v) is 5.12. The zero-order valence-electron chi connectivity index (χ0n) is 19.5. The van der Waals surface area contributed by atoms with Crippen molar-refractivity contribution in [3.05, 3.63) is 64.9 Å². The van der Waals surface area contributed by atoms with Crippen LogP contribution in [-0.2, 0) is 5.41 Å². The summed E-state index contributed by atoms with van der Waals surface area (Å²) in [5.74, 6) is 1.54. The number of ether oxygens (including phenoxy) is 1. The summed E-state index contributed by atoms with van der Waals surface area (Å²) in [7, 11) is 0. The van der Waals surface area contributed by atoms with E-state index in [1.807, 2.05) is 42.5 Å². The van der Waals surface area contributed by atoms with E-state index >= 15 is 0 Å². The van der Waals surface area contributed by atoms with Crippen LogP contribution in [0.4, 0.5) is 0 Å². The Bertz CT molecular complexity index is 1160. The molecule has 1 N–H and O–H groups in total. The number of benzene rings is 2. The van der Waals surface area contributed by atoms with E-state index in [2.05, 4.69) is 23.6 Å². The van der Waals surface area contributed by atoms with Gasteiger partial charge >= 0.3 is 0 Å². The van der Waals surface area contributed by atoms with Gasteiger partial charge in [0.1, 0.15) is 23.7 Å². The molecule has 1 aliphatic heterocycles. The van der Waals surface area contributed by atoms with E-state index in [-0.39, 0.29) is 12.4 Å². The van der Waals surface area contributed by atoms with Crippen LogP contribution in [0.15, 0.2) is 46.9 Å². The third-order valence-corrected chi connectivity index (χ3v) is 7.07. The van der Waals surface area contributed by atoms with Crippen LogP contribution in [0, 0.1) is 0 Å². The molecule has 0 bridgehead atoms. The molecule has 6 nitrogen and oxygen atoms in total. The second kappa shape index (κ2) is 8.93. The zero-order valence-corrected chi connectivity index (χ0v) is 19.5. The number of ketones is 1. The third-order valence-electron chi connectivity index (χ3n) is 7.07. The number of hydrogen-bond acceptors (Lipinski definition) is 6. The summed E-state index contributed by atoms with van der Waals surface area (Å²) in [6.45, 7) is 11.1. The highest BCUT2D eigenvalue weighted by Gasteiger charge is 2.41. The Labute approximate surface area is 194 Å². The maximum Gasteiger partial charge on any atom is 0.197 e. The highest BCUT2D eigenvalue weighted by molar-refractivity contribution is 6.19. The van der Waals surface area contributed by atoms with Gasteiger partial charge in [-0.2, -0.15) is 0 Å². The molecule has 5 rings (SSSR count). The van der Waals surface area contributed by atoms with Gasteiger partial charge in [-0.05, 0) is 50.1 Å². The number of nitrogens with zero attached hydrogens (tertiary/aromatic N) is 2. The average Bonchev–Trinajstić information content (AvgIpc) is 3.23. The molecule has 0 saturated carbocycles. The second-order valence-corrected chi connectivity index (χ2v) is 9.57. The van der Waals surface area contributed by atoms with Crippen LogP contribution in [0.1, 0.15) is 47.5 Å². The number of fused-ring (bicyclic) bond motifs is 4. The quantitative estimate of drug-likeness (QED) is 0.595. The molecular weight excluding hydrogens is 416 g/mol. The minimum absolute atomic E-state index is 0.0230. The highest BCUT2D eigenvalue weighted by Crippen LogP contribution is 2.46. The number of carbonyl (C=O) groups excluding carboxylic acids is 1. The molecule has 2 heterocycles. The van der Waals surface area contributed by atoms with Gasteiger partial charge in [0.15, 0.2) is 5.78 Å². The summed E-state index contributed by atoms with van der Waals surface area (Å²) in [6.07, 6.45) is 0.843. The first kappa shape index (κ1) is 22.1. The molecule has 0 unspecified atom stereocenters. The van der Waals surface area contributed by atoms with Crippen molar-refractivity contribution in [2.24, 2.45) is 0 Å². The molecule has 2 aliphatic rings. The van der Waals surface area contributed by atoms with Crippen LogP contribution in [0.5, 0.6) is 5.75 Å². The van der Waals surface area contributed by atoms with Gasteiger partial charge in [0, 0.05) is 62.2 Å². The summed E-state index contributed by atoms with van der Waals surface area (Å²) in [6, 6.07) is 13.6. The van der Waals surface area contributed by atoms with E-state index in [1.54, 1.807) is 0 Å². The Hall–Kier alpha value is -2.67. The lowest BCUT2D eigenvalue weighted by Crippen LogP contribution is -2.47. The van der Waals surface area contributed by atoms with Crippen molar-refractivity contribution in [2.45, 2.75) is 25.7 Å². The van der Waals surface area contributed by atoms with Gasteiger partial charge in [0.2, 0.25) is 0 Å². The van der Waals surface area contributed by atoms with Crippen molar-refractivity contribution in [3.8, 4) is 5.75 Å². The van der Waals surface area contributed by atoms with Gasteiger partial charge in [-0.1, -0.05) is 18.2 Å². The SMILES string of the molecule is CC1(C)c2cc(OCCN3CCN(CCCO)CC3)ccc2C(=O)c2c1oc1ccccc21. The van der Waals surface area contributed by atoms with Crippen molar-refractivity contribution in [1.29, 1.82) is 0 Å². The lowest BCUT2D eigenvalue weighted by Gasteiger charge is -2.34. The Morgan fingerprint density at radius 2 is 1.76 bits per heavy atom. The molecule has 33 heavy (non-hydrogen) atoms. The monoisotopic (exact) mass is 448 g/mol. The second-order valence-electron chi connectivity index (χ2n) is 9.57. The molecule has 0 amide bonds. The molecular formula is C27H32N2O4. The number of aliphatic hydroxyl groups is 1. The van der Waals surface area contributed by atoms with Crippen molar-refractivity contribution >= 4 is 16.8 Å². The van der Waals surface area contributed by atoms with Crippen LogP contribution < -0.4 is 4.74 Å². The molecule has 2 aromatic carbocycles. The molecule has 1 fully saturated rings. The standard InChI is InChI=1S/C27H32N2O4/c1-27(2)22-18-19(32-17-15-29-13-11-28(12-14-29)10-5-16-30)8-9-20(22)25(31)24-21-6-3-4-7-23(21)33-26(24)27/h3-4,6-9,18,30H,5,10-17H2,1-2H3. The first-order valence-corrected chi connectivity index (χ1v) is 11.9. The molecule has 3 aromatic rings. The summed E-state index contributed by atoms with van der Waals surface area (Å²) < 4.78 is 12.3. The lowest BCUT2D eigenvalue weighted by atomic mass is 9.72. The molecule has 1 aromatic heterocycles. The van der Waals surface area contributed by atoms with Crippen LogP contribution in [0.3, 0.4) is 0 Å². The minimum atomic E-state index is -0.429. The van der Waals surface area contributed by atoms with Crippen molar-refractivity contribution in [2.75, 3.05) is 52.5 Å². The maximum absolute atomic E-state index is 13.4. The number of hydrogen-bond donors (Lipinski definition) is 1. The van der Waals surface area contributed by atoms with E-state index < -0.39 is 5.41 Å². The fraction of sp³-hybridized carbons (Fsp3) is 0.444. The van der Waals surface area contributed by atoms with Gasteiger partial charge in [-0.25, -0.2) is 0 Å². The van der Waals surface area contributed by atoms with Crippen LogP contribution in [0.2, 0.25) is 0 Å². The first-order chi connectivity index (χ1) is 16.0. The van der Waals surface area contributed by atoms with Gasteiger partial charge in [0.25, 0.3) is 0 Å². The highest BCUT2D eigenvalue weighted by atomic mass is 16.5. The van der Waals surface area contributed by atoms with Gasteiger partial charge in [-0.3, -0.25) is 9.69 Å². The topological polar surface area (TPSA) is 66.2 Å². The van der Waals surface area contributed by atoms with Crippen molar-refractivity contribution in [1.82, 2.24) is 9.80 Å². The Kier molecular flexibility index (Phi) is 5.99. The van der Waals surface area contributed by atoms with Gasteiger partial charge < -0.3 is 19.2 Å². The van der Waals surface area contributed by atoms with Crippen molar-refractivity contribution < 1.29 is 19.1 Å². The molecule has 0 spiro atoms. The van der Waals surface area contributed by atoms with Crippen molar-refractivity contribution in [3.63, 3.8) is 0 Å². The Morgan fingerprint density at radius 3 is 2.52 bits per heavy atom. The number of para-hydroxylation sites is 1. The smallest absolute Gasteiger partial charge is 0.197 e. The van der Waals surface area contributed by atoms with Gasteiger partial charge in [-0.15, -0.1) is 0 Å². The number of furan rings is 1.